The summed E-state index contributed by atoms with van der Waals surface area (Å²) in [5.41, 5.74) is 5.12. The Bertz CT molecular complexity index is 563. The highest BCUT2D eigenvalue weighted by molar-refractivity contribution is 6.31. The third kappa shape index (κ3) is 3.59. The molecule has 0 spiro atoms. The van der Waals surface area contributed by atoms with Crippen LogP contribution in [0.2, 0.25) is 5.02 Å². The van der Waals surface area contributed by atoms with Gasteiger partial charge in [0.25, 0.3) is 0 Å². The van der Waals surface area contributed by atoms with Gasteiger partial charge in [-0.15, -0.1) is 0 Å². The maximum Gasteiger partial charge on any atom is 0.0453 e. The van der Waals surface area contributed by atoms with Crippen molar-refractivity contribution in [2.24, 2.45) is 0 Å². The van der Waals surface area contributed by atoms with Crippen LogP contribution in [0.15, 0.2) is 42.5 Å². The number of hydrogen-bond acceptors (Lipinski definition) is 1. The smallest absolute Gasteiger partial charge is 0.0453 e. The van der Waals surface area contributed by atoms with Gasteiger partial charge in [0.2, 0.25) is 0 Å². The Hall–Kier alpha value is -1.31. The quantitative estimate of drug-likeness (QED) is 0.843. The summed E-state index contributed by atoms with van der Waals surface area (Å²) in [5.74, 6) is 0. The largest absolute Gasteiger partial charge is 0.306 e. The van der Waals surface area contributed by atoms with E-state index in [2.05, 4.69) is 50.4 Å². The van der Waals surface area contributed by atoms with Crippen LogP contribution in [0.5, 0.6) is 0 Å². The Morgan fingerprint density at radius 3 is 2.58 bits per heavy atom. The fourth-order valence-electron chi connectivity index (χ4n) is 2.19. The van der Waals surface area contributed by atoms with E-state index in [1.807, 2.05) is 18.2 Å². The average molecular weight is 274 g/mol. The highest BCUT2D eigenvalue weighted by Crippen LogP contribution is 2.22. The molecular formula is C17H20ClN. The SMILES string of the molecule is Cc1ccc(C)c(CN[C@@H](C)c2ccccc2Cl)c1. The molecule has 0 heterocycles. The molecule has 0 aromatic heterocycles. The van der Waals surface area contributed by atoms with Gasteiger partial charge in [0.1, 0.15) is 0 Å². The normalized spacial score (nSPS) is 12.4. The number of halogens is 1. The highest BCUT2D eigenvalue weighted by Gasteiger charge is 2.09. The van der Waals surface area contributed by atoms with Crippen LogP contribution in [0.4, 0.5) is 0 Å². The number of aryl methyl sites for hydroxylation is 2. The Morgan fingerprint density at radius 2 is 1.84 bits per heavy atom. The van der Waals surface area contributed by atoms with E-state index in [0.717, 1.165) is 17.1 Å². The molecule has 0 saturated carbocycles. The first-order chi connectivity index (χ1) is 9.08. The van der Waals surface area contributed by atoms with Gasteiger partial charge in [0.05, 0.1) is 0 Å². The molecule has 19 heavy (non-hydrogen) atoms. The van der Waals surface area contributed by atoms with Crippen LogP contribution in [-0.2, 0) is 6.54 Å². The molecule has 0 saturated heterocycles. The van der Waals surface area contributed by atoms with Crippen LogP contribution in [0.25, 0.3) is 0 Å². The van der Waals surface area contributed by atoms with Crippen LogP contribution in [0, 0.1) is 13.8 Å². The van der Waals surface area contributed by atoms with Crippen molar-refractivity contribution in [2.75, 3.05) is 0 Å². The van der Waals surface area contributed by atoms with Crippen LogP contribution >= 0.6 is 11.6 Å². The zero-order valence-corrected chi connectivity index (χ0v) is 12.5. The second-order valence-electron chi connectivity index (χ2n) is 5.05. The van der Waals surface area contributed by atoms with Gasteiger partial charge in [-0.2, -0.15) is 0 Å². The average Bonchev–Trinajstić information content (AvgIpc) is 2.40. The molecule has 1 nitrogen and oxygen atoms in total. The first-order valence-corrected chi connectivity index (χ1v) is 6.99. The molecule has 0 fully saturated rings. The van der Waals surface area contributed by atoms with Crippen LogP contribution < -0.4 is 5.32 Å². The van der Waals surface area contributed by atoms with Crippen molar-refractivity contribution >= 4 is 11.6 Å². The Balaban J connectivity index is 2.06. The third-order valence-electron chi connectivity index (χ3n) is 3.48. The van der Waals surface area contributed by atoms with Gasteiger partial charge >= 0.3 is 0 Å². The lowest BCUT2D eigenvalue weighted by Crippen LogP contribution is -2.19. The lowest BCUT2D eigenvalue weighted by molar-refractivity contribution is 0.573. The molecule has 1 N–H and O–H groups in total. The summed E-state index contributed by atoms with van der Waals surface area (Å²) in [5, 5.41) is 4.36. The lowest BCUT2D eigenvalue weighted by Gasteiger charge is -2.17. The van der Waals surface area contributed by atoms with Crippen molar-refractivity contribution in [3.63, 3.8) is 0 Å². The zero-order valence-electron chi connectivity index (χ0n) is 11.7. The monoisotopic (exact) mass is 273 g/mol. The van der Waals surface area contributed by atoms with Crippen molar-refractivity contribution in [3.05, 3.63) is 69.7 Å². The summed E-state index contributed by atoms with van der Waals surface area (Å²) < 4.78 is 0. The maximum atomic E-state index is 6.22. The van der Waals surface area contributed by atoms with Gasteiger partial charge in [0.15, 0.2) is 0 Å². The number of nitrogens with one attached hydrogen (secondary N) is 1. The lowest BCUT2D eigenvalue weighted by atomic mass is 10.0. The summed E-state index contributed by atoms with van der Waals surface area (Å²) in [7, 11) is 0. The fraction of sp³-hybridized carbons (Fsp3) is 0.294. The van der Waals surface area contributed by atoms with Crippen molar-refractivity contribution in [1.82, 2.24) is 5.32 Å². The topological polar surface area (TPSA) is 12.0 Å². The highest BCUT2D eigenvalue weighted by atomic mass is 35.5. The van der Waals surface area contributed by atoms with Crippen molar-refractivity contribution in [3.8, 4) is 0 Å². The van der Waals surface area contributed by atoms with E-state index >= 15 is 0 Å². The molecule has 100 valence electrons. The Morgan fingerprint density at radius 1 is 1.11 bits per heavy atom. The van der Waals surface area contributed by atoms with E-state index in [-0.39, 0.29) is 6.04 Å². The summed E-state index contributed by atoms with van der Waals surface area (Å²) >= 11 is 6.22. The molecule has 2 aromatic rings. The van der Waals surface area contributed by atoms with Crippen LogP contribution in [0.1, 0.15) is 35.2 Å². The van der Waals surface area contributed by atoms with Crippen molar-refractivity contribution in [2.45, 2.75) is 33.4 Å². The van der Waals surface area contributed by atoms with Crippen LogP contribution in [0.3, 0.4) is 0 Å². The summed E-state index contributed by atoms with van der Waals surface area (Å²) in [4.78, 5) is 0. The minimum absolute atomic E-state index is 0.244. The molecule has 0 unspecified atom stereocenters. The summed E-state index contributed by atoms with van der Waals surface area (Å²) in [6, 6.07) is 14.8. The summed E-state index contributed by atoms with van der Waals surface area (Å²) in [6.45, 7) is 7.28. The predicted octanol–water partition coefficient (Wildman–Crippen LogP) is 4.81. The van der Waals surface area contributed by atoms with Gasteiger partial charge in [0, 0.05) is 17.6 Å². The van der Waals surface area contributed by atoms with E-state index in [9.17, 15) is 0 Å². The molecule has 0 aliphatic rings. The molecule has 2 rings (SSSR count). The molecule has 2 aromatic carbocycles. The van der Waals surface area contributed by atoms with E-state index in [4.69, 9.17) is 11.6 Å². The molecule has 0 radical (unpaired) electrons. The first kappa shape index (κ1) is 14.1. The number of hydrogen-bond donors (Lipinski definition) is 1. The minimum Gasteiger partial charge on any atom is -0.306 e. The fourth-order valence-corrected chi connectivity index (χ4v) is 2.49. The molecular weight excluding hydrogens is 254 g/mol. The number of rotatable bonds is 4. The van der Waals surface area contributed by atoms with Gasteiger partial charge in [-0.3, -0.25) is 0 Å². The third-order valence-corrected chi connectivity index (χ3v) is 3.82. The minimum atomic E-state index is 0.244. The van der Waals surface area contributed by atoms with Crippen LogP contribution in [-0.4, -0.2) is 0 Å². The molecule has 0 aliphatic carbocycles. The molecule has 0 aliphatic heterocycles. The zero-order chi connectivity index (χ0) is 13.8. The van der Waals surface area contributed by atoms with E-state index < -0.39 is 0 Å². The standard InChI is InChI=1S/C17H20ClN/c1-12-8-9-13(2)15(10-12)11-19-14(3)16-6-4-5-7-17(16)18/h4-10,14,19H,11H2,1-3H3/t14-/m0/s1. The van der Waals surface area contributed by atoms with Gasteiger partial charge in [-0.25, -0.2) is 0 Å². The maximum absolute atomic E-state index is 6.22. The Kier molecular flexibility index (Phi) is 4.62. The van der Waals surface area contributed by atoms with Crippen molar-refractivity contribution in [1.29, 1.82) is 0 Å². The Labute approximate surface area is 120 Å². The van der Waals surface area contributed by atoms with Crippen molar-refractivity contribution < 1.29 is 0 Å². The van der Waals surface area contributed by atoms with E-state index in [0.29, 0.717) is 0 Å². The molecule has 0 bridgehead atoms. The van der Waals surface area contributed by atoms with E-state index in [1.165, 1.54) is 16.7 Å². The number of benzene rings is 2. The van der Waals surface area contributed by atoms with Gasteiger partial charge < -0.3 is 5.32 Å². The molecule has 0 amide bonds. The second kappa shape index (κ2) is 6.23. The van der Waals surface area contributed by atoms with Gasteiger partial charge in [-0.05, 0) is 43.5 Å². The first-order valence-electron chi connectivity index (χ1n) is 6.62. The summed E-state index contributed by atoms with van der Waals surface area (Å²) in [6.07, 6.45) is 0. The second-order valence-corrected chi connectivity index (χ2v) is 5.46. The molecule has 1 atom stereocenters. The molecule has 2 heteroatoms. The van der Waals surface area contributed by atoms with E-state index in [1.54, 1.807) is 0 Å². The predicted molar refractivity (Wildman–Crippen MR) is 82.6 cm³/mol. The van der Waals surface area contributed by atoms with Gasteiger partial charge in [-0.1, -0.05) is 53.6 Å².